The molecule has 0 aliphatic carbocycles. The zero-order chi connectivity index (χ0) is 17.2. The Hall–Kier alpha value is -2.58. The maximum absolute atomic E-state index is 3.72. The van der Waals surface area contributed by atoms with E-state index < -0.39 is 0 Å². The summed E-state index contributed by atoms with van der Waals surface area (Å²) in [5.74, 6) is 0. The molecular weight excluding hydrogens is 370 g/mol. The van der Waals surface area contributed by atoms with Crippen LogP contribution in [0, 0.1) is 0 Å². The van der Waals surface area contributed by atoms with Crippen molar-refractivity contribution in [1.82, 2.24) is 4.57 Å². The van der Waals surface area contributed by atoms with Gasteiger partial charge < -0.3 is 4.57 Å². The second-order valence-electron chi connectivity index (χ2n) is 6.06. The van der Waals surface area contributed by atoms with Gasteiger partial charge in [-0.15, -0.1) is 0 Å². The molecule has 0 fully saturated rings. The lowest BCUT2D eigenvalue weighted by molar-refractivity contribution is 0.946. The van der Waals surface area contributed by atoms with E-state index in [9.17, 15) is 0 Å². The van der Waals surface area contributed by atoms with Gasteiger partial charge in [0.15, 0.2) is 0 Å². The predicted molar refractivity (Wildman–Crippen MR) is 109 cm³/mol. The molecule has 0 aliphatic heterocycles. The Morgan fingerprint density at radius 2 is 1.20 bits per heavy atom. The van der Waals surface area contributed by atoms with E-state index in [0.717, 1.165) is 4.47 Å². The number of rotatable bonds is 3. The van der Waals surface area contributed by atoms with E-state index in [-0.39, 0.29) is 0 Å². The number of nitrogens with zero attached hydrogens (tertiary/aromatic N) is 1. The first-order valence-corrected chi connectivity index (χ1v) is 9.10. The fourth-order valence-electron chi connectivity index (χ4n) is 3.32. The molecule has 0 saturated heterocycles. The maximum Gasteiger partial charge on any atom is 0.0562 e. The van der Waals surface area contributed by atoms with Crippen molar-refractivity contribution in [2.75, 3.05) is 0 Å². The summed E-state index contributed by atoms with van der Waals surface area (Å²) in [4.78, 5) is 0. The molecule has 0 atom stereocenters. The normalized spacial score (nSPS) is 10.8. The highest BCUT2D eigenvalue weighted by molar-refractivity contribution is 9.10. The molecule has 0 amide bonds. The highest BCUT2D eigenvalue weighted by Crippen LogP contribution is 2.40. The fraction of sp³-hybridized carbons (Fsp3) is 0.0435. The van der Waals surface area contributed by atoms with Gasteiger partial charge in [-0.25, -0.2) is 0 Å². The summed E-state index contributed by atoms with van der Waals surface area (Å²) in [6.45, 7) is 0. The molecule has 4 rings (SSSR count). The smallest absolute Gasteiger partial charge is 0.0562 e. The van der Waals surface area contributed by atoms with Crippen molar-refractivity contribution in [2.24, 2.45) is 7.05 Å². The number of hydrogen-bond donors (Lipinski definition) is 0. The molecule has 1 aromatic heterocycles. The maximum atomic E-state index is 3.72. The highest BCUT2D eigenvalue weighted by Gasteiger charge is 2.18. The fourth-order valence-corrected chi connectivity index (χ4v) is 3.82. The molecule has 1 heterocycles. The van der Waals surface area contributed by atoms with Gasteiger partial charge in [0, 0.05) is 22.8 Å². The number of halogens is 1. The molecule has 0 aliphatic rings. The van der Waals surface area contributed by atoms with Crippen LogP contribution in [0.5, 0.6) is 0 Å². The lowest BCUT2D eigenvalue weighted by Gasteiger charge is -2.11. The number of hydrogen-bond acceptors (Lipinski definition) is 0. The standard InChI is InChI=1S/C23H18BrN/c1-25-22(17-10-4-2-5-11-17)16-20(19-14-8-9-15-21(19)24)23(25)18-12-6-3-7-13-18/h2-16H,1H3. The Balaban J connectivity index is 2.01. The second-order valence-corrected chi connectivity index (χ2v) is 6.92. The first-order valence-electron chi connectivity index (χ1n) is 8.31. The van der Waals surface area contributed by atoms with E-state index in [0.29, 0.717) is 0 Å². The van der Waals surface area contributed by atoms with Crippen molar-refractivity contribution in [1.29, 1.82) is 0 Å². The topological polar surface area (TPSA) is 4.93 Å². The van der Waals surface area contributed by atoms with Crippen LogP contribution in [0.1, 0.15) is 0 Å². The van der Waals surface area contributed by atoms with Gasteiger partial charge in [0.05, 0.1) is 5.69 Å². The molecule has 3 aromatic carbocycles. The highest BCUT2D eigenvalue weighted by atomic mass is 79.9. The molecule has 1 nitrogen and oxygen atoms in total. The van der Waals surface area contributed by atoms with Gasteiger partial charge >= 0.3 is 0 Å². The van der Waals surface area contributed by atoms with Crippen molar-refractivity contribution in [3.63, 3.8) is 0 Å². The molecule has 25 heavy (non-hydrogen) atoms. The van der Waals surface area contributed by atoms with Crippen molar-refractivity contribution in [2.45, 2.75) is 0 Å². The van der Waals surface area contributed by atoms with Crippen LogP contribution in [0.2, 0.25) is 0 Å². The van der Waals surface area contributed by atoms with Gasteiger partial charge in [-0.1, -0.05) is 94.8 Å². The Kier molecular flexibility index (Phi) is 4.29. The van der Waals surface area contributed by atoms with Crippen LogP contribution >= 0.6 is 15.9 Å². The molecule has 122 valence electrons. The summed E-state index contributed by atoms with van der Waals surface area (Å²) in [6, 6.07) is 31.8. The Bertz CT molecular complexity index is 1000. The van der Waals surface area contributed by atoms with Gasteiger partial charge in [-0.2, -0.15) is 0 Å². The Morgan fingerprint density at radius 1 is 0.640 bits per heavy atom. The lowest BCUT2D eigenvalue weighted by atomic mass is 10.0. The van der Waals surface area contributed by atoms with Crippen LogP contribution in [-0.4, -0.2) is 4.57 Å². The molecule has 0 spiro atoms. The third-order valence-electron chi connectivity index (χ3n) is 4.51. The molecule has 0 radical (unpaired) electrons. The average molecular weight is 388 g/mol. The largest absolute Gasteiger partial charge is 0.343 e. The van der Waals surface area contributed by atoms with Crippen LogP contribution in [0.25, 0.3) is 33.6 Å². The first-order chi connectivity index (χ1) is 12.3. The minimum atomic E-state index is 1.11. The van der Waals surface area contributed by atoms with Crippen LogP contribution in [0.15, 0.2) is 95.5 Å². The molecule has 0 N–H and O–H groups in total. The van der Waals surface area contributed by atoms with Crippen molar-refractivity contribution < 1.29 is 0 Å². The van der Waals surface area contributed by atoms with Crippen LogP contribution < -0.4 is 0 Å². The summed E-state index contributed by atoms with van der Waals surface area (Å²) in [6.07, 6.45) is 0. The van der Waals surface area contributed by atoms with E-state index in [4.69, 9.17) is 0 Å². The van der Waals surface area contributed by atoms with Crippen LogP contribution in [-0.2, 0) is 7.05 Å². The second kappa shape index (κ2) is 6.73. The SMILES string of the molecule is Cn1c(-c2ccccc2)cc(-c2ccccc2Br)c1-c1ccccc1. The molecule has 4 aromatic rings. The van der Waals surface area contributed by atoms with Crippen molar-refractivity contribution >= 4 is 15.9 Å². The Labute approximate surface area is 156 Å². The molecule has 2 heteroatoms. The number of aromatic nitrogens is 1. The minimum Gasteiger partial charge on any atom is -0.343 e. The zero-order valence-electron chi connectivity index (χ0n) is 14.0. The van der Waals surface area contributed by atoms with Gasteiger partial charge in [0.25, 0.3) is 0 Å². The van der Waals surface area contributed by atoms with Crippen LogP contribution in [0.3, 0.4) is 0 Å². The predicted octanol–water partition coefficient (Wildman–Crippen LogP) is 6.79. The quantitative estimate of drug-likeness (QED) is 0.364. The third kappa shape index (κ3) is 2.94. The van der Waals surface area contributed by atoms with E-state index in [1.807, 2.05) is 0 Å². The minimum absolute atomic E-state index is 1.11. The summed E-state index contributed by atoms with van der Waals surface area (Å²) in [7, 11) is 2.14. The molecule has 0 unspecified atom stereocenters. The average Bonchev–Trinajstić information content (AvgIpc) is 3.00. The Morgan fingerprint density at radius 3 is 1.84 bits per heavy atom. The molecule has 0 bridgehead atoms. The van der Waals surface area contributed by atoms with E-state index in [2.05, 4.69) is 119 Å². The monoisotopic (exact) mass is 387 g/mol. The van der Waals surface area contributed by atoms with Crippen LogP contribution in [0.4, 0.5) is 0 Å². The van der Waals surface area contributed by atoms with Gasteiger partial charge in [-0.05, 0) is 28.8 Å². The molecule has 0 saturated carbocycles. The van der Waals surface area contributed by atoms with Gasteiger partial charge in [0.1, 0.15) is 0 Å². The summed E-state index contributed by atoms with van der Waals surface area (Å²) in [5, 5.41) is 0. The van der Waals surface area contributed by atoms with E-state index >= 15 is 0 Å². The number of benzene rings is 3. The van der Waals surface area contributed by atoms with E-state index in [1.54, 1.807) is 0 Å². The summed E-state index contributed by atoms with van der Waals surface area (Å²) >= 11 is 3.72. The van der Waals surface area contributed by atoms with Gasteiger partial charge in [0.2, 0.25) is 0 Å². The van der Waals surface area contributed by atoms with Crippen molar-refractivity contribution in [3.05, 3.63) is 95.5 Å². The molecular formula is C23H18BrN. The third-order valence-corrected chi connectivity index (χ3v) is 5.21. The van der Waals surface area contributed by atoms with Gasteiger partial charge in [-0.3, -0.25) is 0 Å². The lowest BCUT2D eigenvalue weighted by Crippen LogP contribution is -1.95. The summed E-state index contributed by atoms with van der Waals surface area (Å²) in [5.41, 5.74) is 7.33. The first kappa shape index (κ1) is 15.9. The van der Waals surface area contributed by atoms with E-state index in [1.165, 1.54) is 33.6 Å². The summed E-state index contributed by atoms with van der Waals surface area (Å²) < 4.78 is 3.40. The van der Waals surface area contributed by atoms with Crippen molar-refractivity contribution in [3.8, 4) is 33.6 Å². The zero-order valence-corrected chi connectivity index (χ0v) is 15.6.